The quantitative estimate of drug-likeness (QED) is 0.886. The Morgan fingerprint density at radius 2 is 1.95 bits per heavy atom. The molecule has 0 aliphatic carbocycles. The fourth-order valence-electron chi connectivity index (χ4n) is 2.10. The van der Waals surface area contributed by atoms with Gasteiger partial charge in [0.2, 0.25) is 0 Å². The van der Waals surface area contributed by atoms with Gasteiger partial charge in [-0.3, -0.25) is 0 Å². The topological polar surface area (TPSA) is 55.8 Å². The highest BCUT2D eigenvalue weighted by atomic mass is 16.5. The van der Waals surface area contributed by atoms with Gasteiger partial charge in [-0.2, -0.15) is 0 Å². The highest BCUT2D eigenvalue weighted by Crippen LogP contribution is 2.22. The van der Waals surface area contributed by atoms with Gasteiger partial charge in [0.1, 0.15) is 11.5 Å². The lowest BCUT2D eigenvalue weighted by molar-refractivity contribution is -0.145. The molecule has 0 radical (unpaired) electrons. The summed E-state index contributed by atoms with van der Waals surface area (Å²) >= 11 is 0. The van der Waals surface area contributed by atoms with Gasteiger partial charge in [-0.05, 0) is 36.2 Å². The Labute approximate surface area is 123 Å². The molecule has 0 aliphatic heterocycles. The van der Waals surface area contributed by atoms with Crippen LogP contribution in [0, 0.1) is 6.92 Å². The number of aryl methyl sites for hydroxylation is 1. The molecule has 1 atom stereocenters. The molecule has 2 rings (SSSR count). The van der Waals surface area contributed by atoms with Gasteiger partial charge in [-0.1, -0.05) is 30.3 Å². The third-order valence-corrected chi connectivity index (χ3v) is 3.14. The van der Waals surface area contributed by atoms with Gasteiger partial charge in [0, 0.05) is 6.42 Å². The Morgan fingerprint density at radius 1 is 1.19 bits per heavy atom. The minimum atomic E-state index is -0.998. The van der Waals surface area contributed by atoms with E-state index in [1.165, 1.54) is 0 Å². The molecule has 0 saturated carbocycles. The van der Waals surface area contributed by atoms with Crippen molar-refractivity contribution in [2.75, 3.05) is 7.11 Å². The fourth-order valence-corrected chi connectivity index (χ4v) is 2.10. The highest BCUT2D eigenvalue weighted by Gasteiger charge is 2.21. The smallest absolute Gasteiger partial charge is 0.345 e. The molecule has 0 fully saturated rings. The predicted molar refractivity (Wildman–Crippen MR) is 79.9 cm³/mol. The number of carboxylic acids is 1. The van der Waals surface area contributed by atoms with Gasteiger partial charge in [-0.15, -0.1) is 0 Å². The minimum absolute atomic E-state index is 0.243. The molecule has 1 unspecified atom stereocenters. The summed E-state index contributed by atoms with van der Waals surface area (Å²) in [5.74, 6) is 0.219. The van der Waals surface area contributed by atoms with Crippen LogP contribution in [0.1, 0.15) is 11.1 Å². The summed E-state index contributed by atoms with van der Waals surface area (Å²) in [6.07, 6.45) is -0.712. The molecular weight excluding hydrogens is 268 g/mol. The second-order valence-electron chi connectivity index (χ2n) is 4.78. The summed E-state index contributed by atoms with van der Waals surface area (Å²) in [5, 5.41) is 9.36. The molecule has 1 N–H and O–H groups in total. The molecule has 0 aliphatic rings. The number of carbonyl (C=O) groups is 1. The Hall–Kier alpha value is -2.49. The van der Waals surface area contributed by atoms with E-state index in [4.69, 9.17) is 9.47 Å². The first-order valence-electron chi connectivity index (χ1n) is 6.68. The van der Waals surface area contributed by atoms with Crippen LogP contribution in [0.5, 0.6) is 11.5 Å². The van der Waals surface area contributed by atoms with E-state index in [1.807, 2.05) is 43.3 Å². The molecule has 110 valence electrons. The van der Waals surface area contributed by atoms with Crippen molar-refractivity contribution in [3.05, 3.63) is 59.7 Å². The van der Waals surface area contributed by atoms with Crippen LogP contribution < -0.4 is 9.47 Å². The van der Waals surface area contributed by atoms with E-state index in [1.54, 1.807) is 19.2 Å². The van der Waals surface area contributed by atoms with Crippen molar-refractivity contribution in [2.45, 2.75) is 19.4 Å². The molecule has 2 aromatic rings. The first-order valence-corrected chi connectivity index (χ1v) is 6.68. The lowest BCUT2D eigenvalue weighted by Gasteiger charge is -2.17. The van der Waals surface area contributed by atoms with E-state index >= 15 is 0 Å². The van der Waals surface area contributed by atoms with Crippen LogP contribution in [0.4, 0.5) is 0 Å². The Balaban J connectivity index is 2.18. The van der Waals surface area contributed by atoms with Crippen molar-refractivity contribution in [3.63, 3.8) is 0 Å². The second-order valence-corrected chi connectivity index (χ2v) is 4.78. The number of ether oxygens (including phenoxy) is 2. The van der Waals surface area contributed by atoms with Crippen LogP contribution in [-0.4, -0.2) is 24.3 Å². The van der Waals surface area contributed by atoms with E-state index < -0.39 is 12.1 Å². The number of methoxy groups -OCH3 is 1. The van der Waals surface area contributed by atoms with Crippen LogP contribution >= 0.6 is 0 Å². The number of aliphatic carboxylic acids is 1. The molecule has 0 aromatic heterocycles. The van der Waals surface area contributed by atoms with Crippen molar-refractivity contribution >= 4 is 5.97 Å². The van der Waals surface area contributed by atoms with Crippen molar-refractivity contribution < 1.29 is 19.4 Å². The predicted octanol–water partition coefficient (Wildman–Crippen LogP) is 3.08. The Bertz CT molecular complexity index is 622. The van der Waals surface area contributed by atoms with E-state index in [0.717, 1.165) is 11.1 Å². The van der Waals surface area contributed by atoms with Crippen molar-refractivity contribution in [1.29, 1.82) is 0 Å². The van der Waals surface area contributed by atoms with Crippen molar-refractivity contribution in [2.24, 2.45) is 0 Å². The van der Waals surface area contributed by atoms with Gasteiger partial charge in [-0.25, -0.2) is 4.79 Å². The molecule has 4 heteroatoms. The third-order valence-electron chi connectivity index (χ3n) is 3.14. The van der Waals surface area contributed by atoms with Crippen molar-refractivity contribution in [1.82, 2.24) is 0 Å². The number of benzene rings is 2. The van der Waals surface area contributed by atoms with Crippen LogP contribution in [0.2, 0.25) is 0 Å². The number of para-hydroxylation sites is 1. The maximum Gasteiger partial charge on any atom is 0.345 e. The molecular formula is C17H18O4. The molecule has 0 amide bonds. The molecule has 0 saturated heterocycles. The molecule has 21 heavy (non-hydrogen) atoms. The number of hydrogen-bond acceptors (Lipinski definition) is 3. The largest absolute Gasteiger partial charge is 0.496 e. The van der Waals surface area contributed by atoms with E-state index in [-0.39, 0.29) is 6.42 Å². The molecule has 0 bridgehead atoms. The summed E-state index contributed by atoms with van der Waals surface area (Å²) < 4.78 is 10.9. The normalized spacial score (nSPS) is 11.7. The summed E-state index contributed by atoms with van der Waals surface area (Å²) in [6.45, 7) is 1.93. The van der Waals surface area contributed by atoms with Gasteiger partial charge in [0.05, 0.1) is 7.11 Å². The SMILES string of the molecule is COc1ccccc1CC(Oc1cccc(C)c1)C(=O)O. The van der Waals surface area contributed by atoms with E-state index in [9.17, 15) is 9.90 Å². The zero-order chi connectivity index (χ0) is 15.2. The van der Waals surface area contributed by atoms with E-state index in [2.05, 4.69) is 0 Å². The molecule has 2 aromatic carbocycles. The zero-order valence-electron chi connectivity index (χ0n) is 12.1. The monoisotopic (exact) mass is 286 g/mol. The third kappa shape index (κ3) is 3.99. The van der Waals surface area contributed by atoms with Crippen LogP contribution in [0.15, 0.2) is 48.5 Å². The maximum absolute atomic E-state index is 11.4. The number of carboxylic acid groups (broad SMARTS) is 1. The lowest BCUT2D eigenvalue weighted by Crippen LogP contribution is -2.29. The second kappa shape index (κ2) is 6.79. The summed E-state index contributed by atoms with van der Waals surface area (Å²) in [6, 6.07) is 14.7. The number of rotatable bonds is 6. The standard InChI is InChI=1S/C17H18O4/c1-12-6-5-8-14(10-12)21-16(17(18)19)11-13-7-3-4-9-15(13)20-2/h3-10,16H,11H2,1-2H3,(H,18,19). The highest BCUT2D eigenvalue weighted by molar-refractivity contribution is 5.73. The average molecular weight is 286 g/mol. The fraction of sp³-hybridized carbons (Fsp3) is 0.235. The van der Waals surface area contributed by atoms with Crippen LogP contribution in [0.25, 0.3) is 0 Å². The maximum atomic E-state index is 11.4. The minimum Gasteiger partial charge on any atom is -0.496 e. The zero-order valence-corrected chi connectivity index (χ0v) is 12.1. The van der Waals surface area contributed by atoms with Gasteiger partial charge in [0.15, 0.2) is 6.10 Å². The summed E-state index contributed by atoms with van der Waals surface area (Å²) in [4.78, 5) is 11.4. The van der Waals surface area contributed by atoms with Crippen LogP contribution in [-0.2, 0) is 11.2 Å². The van der Waals surface area contributed by atoms with Crippen molar-refractivity contribution in [3.8, 4) is 11.5 Å². The summed E-state index contributed by atoms with van der Waals surface area (Å²) in [7, 11) is 1.57. The lowest BCUT2D eigenvalue weighted by atomic mass is 10.1. The Kier molecular flexibility index (Phi) is 4.82. The first-order chi connectivity index (χ1) is 10.1. The average Bonchev–Trinajstić information content (AvgIpc) is 2.47. The molecule has 0 heterocycles. The summed E-state index contributed by atoms with van der Waals surface area (Å²) in [5.41, 5.74) is 1.83. The Morgan fingerprint density at radius 3 is 2.62 bits per heavy atom. The van der Waals surface area contributed by atoms with Gasteiger partial charge < -0.3 is 14.6 Å². The number of hydrogen-bond donors (Lipinski definition) is 1. The molecule has 4 nitrogen and oxygen atoms in total. The van der Waals surface area contributed by atoms with Crippen LogP contribution in [0.3, 0.4) is 0 Å². The van der Waals surface area contributed by atoms with Gasteiger partial charge in [0.25, 0.3) is 0 Å². The molecule has 0 spiro atoms. The van der Waals surface area contributed by atoms with E-state index in [0.29, 0.717) is 11.5 Å². The first kappa shape index (κ1) is 14.9. The van der Waals surface area contributed by atoms with Gasteiger partial charge >= 0.3 is 5.97 Å².